The number of aliphatic imine (C=N–C) groups is 1. The summed E-state index contributed by atoms with van der Waals surface area (Å²) in [6.07, 6.45) is 4.77. The maximum absolute atomic E-state index is 4.74. The highest BCUT2D eigenvalue weighted by molar-refractivity contribution is 9.10. The number of piperazine rings is 1. The second-order valence-corrected chi connectivity index (χ2v) is 7.88. The number of halogens is 1. The van der Waals surface area contributed by atoms with Crippen LogP contribution in [-0.4, -0.2) is 59.6 Å². The average molecular weight is 429 g/mol. The van der Waals surface area contributed by atoms with Gasteiger partial charge in [0.25, 0.3) is 0 Å². The fourth-order valence-corrected chi connectivity index (χ4v) is 3.82. The van der Waals surface area contributed by atoms with Gasteiger partial charge in [-0.05, 0) is 37.1 Å². The summed E-state index contributed by atoms with van der Waals surface area (Å²) < 4.78 is 1.13. The molecule has 1 saturated carbocycles. The Hall–Kier alpha value is -2.15. The standard InChI is InChI=1S/C20H25BrN6/c1-2-22-20(25-18-14-17(18)15-4-6-16(21)7-5-15)27-12-10-26(11-13-27)19-23-8-3-9-24-19/h3-9,17-18H,2,10-14H2,1H3,(H,22,25). The summed E-state index contributed by atoms with van der Waals surface area (Å²) in [7, 11) is 0. The highest BCUT2D eigenvalue weighted by atomic mass is 79.9. The summed E-state index contributed by atoms with van der Waals surface area (Å²) in [5, 5.41) is 3.69. The van der Waals surface area contributed by atoms with E-state index >= 15 is 0 Å². The molecule has 2 aliphatic rings. The number of rotatable bonds is 4. The Morgan fingerprint density at radius 2 is 1.85 bits per heavy atom. The van der Waals surface area contributed by atoms with E-state index in [1.54, 1.807) is 12.4 Å². The van der Waals surface area contributed by atoms with E-state index in [4.69, 9.17) is 4.99 Å². The SMILES string of the molecule is CCN=C(NC1CC1c1ccc(Br)cc1)N1CCN(c2ncccn2)CC1. The van der Waals surface area contributed by atoms with Crippen LogP contribution in [0.5, 0.6) is 0 Å². The van der Waals surface area contributed by atoms with E-state index in [-0.39, 0.29) is 0 Å². The van der Waals surface area contributed by atoms with Gasteiger partial charge in [0.2, 0.25) is 5.95 Å². The van der Waals surface area contributed by atoms with Crippen LogP contribution in [0.4, 0.5) is 5.95 Å². The second kappa shape index (κ2) is 8.25. The molecule has 0 radical (unpaired) electrons. The monoisotopic (exact) mass is 428 g/mol. The third-order valence-electron chi connectivity index (χ3n) is 5.13. The largest absolute Gasteiger partial charge is 0.353 e. The Balaban J connectivity index is 1.34. The van der Waals surface area contributed by atoms with Gasteiger partial charge in [0.05, 0.1) is 0 Å². The van der Waals surface area contributed by atoms with Gasteiger partial charge in [-0.2, -0.15) is 0 Å². The van der Waals surface area contributed by atoms with Crippen molar-refractivity contribution in [3.8, 4) is 0 Å². The minimum atomic E-state index is 0.479. The van der Waals surface area contributed by atoms with Crippen LogP contribution in [0.3, 0.4) is 0 Å². The lowest BCUT2D eigenvalue weighted by Gasteiger charge is -2.36. The lowest BCUT2D eigenvalue weighted by Crippen LogP contribution is -2.53. The maximum Gasteiger partial charge on any atom is 0.225 e. The van der Waals surface area contributed by atoms with E-state index < -0.39 is 0 Å². The second-order valence-electron chi connectivity index (χ2n) is 6.97. The molecule has 2 aromatic rings. The third kappa shape index (κ3) is 4.40. The van der Waals surface area contributed by atoms with Gasteiger partial charge in [-0.15, -0.1) is 0 Å². The van der Waals surface area contributed by atoms with Crippen molar-refractivity contribution in [1.29, 1.82) is 0 Å². The molecule has 1 N–H and O–H groups in total. The molecule has 6 nitrogen and oxygen atoms in total. The molecule has 0 bridgehead atoms. The summed E-state index contributed by atoms with van der Waals surface area (Å²) in [5.41, 5.74) is 1.40. The number of nitrogens with one attached hydrogen (secondary N) is 1. The van der Waals surface area contributed by atoms with Crippen molar-refractivity contribution in [2.24, 2.45) is 4.99 Å². The molecule has 1 aromatic carbocycles. The number of anilines is 1. The molecule has 2 unspecified atom stereocenters. The van der Waals surface area contributed by atoms with E-state index in [1.165, 1.54) is 12.0 Å². The zero-order valence-electron chi connectivity index (χ0n) is 15.6. The molecular weight excluding hydrogens is 404 g/mol. The molecule has 2 atom stereocenters. The zero-order chi connectivity index (χ0) is 18.6. The quantitative estimate of drug-likeness (QED) is 0.599. The first-order chi connectivity index (χ1) is 13.2. The molecule has 142 valence electrons. The van der Waals surface area contributed by atoms with Crippen LogP contribution in [-0.2, 0) is 0 Å². The van der Waals surface area contributed by atoms with Crippen LogP contribution >= 0.6 is 15.9 Å². The van der Waals surface area contributed by atoms with Gasteiger partial charge < -0.3 is 15.1 Å². The van der Waals surface area contributed by atoms with Crippen LogP contribution in [0.15, 0.2) is 52.2 Å². The van der Waals surface area contributed by atoms with Gasteiger partial charge in [-0.3, -0.25) is 4.99 Å². The predicted octanol–water partition coefficient (Wildman–Crippen LogP) is 2.88. The molecule has 4 rings (SSSR count). The number of hydrogen-bond acceptors (Lipinski definition) is 4. The van der Waals surface area contributed by atoms with Crippen LogP contribution in [0.2, 0.25) is 0 Å². The third-order valence-corrected chi connectivity index (χ3v) is 5.65. The molecule has 1 saturated heterocycles. The summed E-state index contributed by atoms with van der Waals surface area (Å²) >= 11 is 3.51. The Morgan fingerprint density at radius 3 is 2.52 bits per heavy atom. The molecule has 2 heterocycles. The summed E-state index contributed by atoms with van der Waals surface area (Å²) in [5.74, 6) is 2.44. The fourth-order valence-electron chi connectivity index (χ4n) is 3.56. The normalized spacial score (nSPS) is 22.7. The maximum atomic E-state index is 4.74. The first kappa shape index (κ1) is 18.2. The number of aromatic nitrogens is 2. The van der Waals surface area contributed by atoms with E-state index in [9.17, 15) is 0 Å². The highest BCUT2D eigenvalue weighted by Gasteiger charge is 2.39. The summed E-state index contributed by atoms with van der Waals surface area (Å²) in [6.45, 7) is 6.57. The van der Waals surface area contributed by atoms with Gasteiger partial charge >= 0.3 is 0 Å². The number of hydrogen-bond donors (Lipinski definition) is 1. The van der Waals surface area contributed by atoms with E-state index in [0.29, 0.717) is 12.0 Å². The van der Waals surface area contributed by atoms with E-state index in [1.807, 2.05) is 6.07 Å². The van der Waals surface area contributed by atoms with Crippen molar-refractivity contribution in [3.05, 3.63) is 52.8 Å². The number of benzene rings is 1. The Labute approximate surface area is 168 Å². The van der Waals surface area contributed by atoms with Crippen molar-refractivity contribution in [2.75, 3.05) is 37.6 Å². The van der Waals surface area contributed by atoms with Crippen LogP contribution < -0.4 is 10.2 Å². The smallest absolute Gasteiger partial charge is 0.225 e. The van der Waals surface area contributed by atoms with Crippen LogP contribution in [0.1, 0.15) is 24.8 Å². The molecule has 2 fully saturated rings. The van der Waals surface area contributed by atoms with Crippen molar-refractivity contribution in [2.45, 2.75) is 25.3 Å². The van der Waals surface area contributed by atoms with Gasteiger partial charge in [0.1, 0.15) is 0 Å². The van der Waals surface area contributed by atoms with Gasteiger partial charge in [-0.25, -0.2) is 9.97 Å². The fraction of sp³-hybridized carbons (Fsp3) is 0.450. The number of nitrogens with zero attached hydrogens (tertiary/aromatic N) is 5. The lowest BCUT2D eigenvalue weighted by molar-refractivity contribution is 0.369. The molecule has 1 aromatic heterocycles. The Bertz CT molecular complexity index is 771. The Kier molecular flexibility index (Phi) is 5.57. The van der Waals surface area contributed by atoms with Gasteiger partial charge in [0, 0.05) is 61.5 Å². The van der Waals surface area contributed by atoms with Gasteiger partial charge in [0.15, 0.2) is 5.96 Å². The topological polar surface area (TPSA) is 56.7 Å². The van der Waals surface area contributed by atoms with Crippen LogP contribution in [0.25, 0.3) is 0 Å². The van der Waals surface area contributed by atoms with Crippen LogP contribution in [0, 0.1) is 0 Å². The molecular formula is C20H25BrN6. The van der Waals surface area contributed by atoms with Crippen molar-refractivity contribution >= 4 is 27.8 Å². The molecule has 0 amide bonds. The first-order valence-corrected chi connectivity index (χ1v) is 10.4. The van der Waals surface area contributed by atoms with Gasteiger partial charge in [-0.1, -0.05) is 28.1 Å². The van der Waals surface area contributed by atoms with Crippen molar-refractivity contribution in [1.82, 2.24) is 20.2 Å². The highest BCUT2D eigenvalue weighted by Crippen LogP contribution is 2.41. The van der Waals surface area contributed by atoms with E-state index in [0.717, 1.165) is 49.1 Å². The average Bonchev–Trinajstić information content (AvgIpc) is 3.48. The number of guanidine groups is 1. The van der Waals surface area contributed by atoms with E-state index in [2.05, 4.69) is 72.2 Å². The molecule has 7 heteroatoms. The molecule has 1 aliphatic heterocycles. The minimum Gasteiger partial charge on any atom is -0.353 e. The zero-order valence-corrected chi connectivity index (χ0v) is 17.1. The molecule has 27 heavy (non-hydrogen) atoms. The lowest BCUT2D eigenvalue weighted by atomic mass is 10.1. The summed E-state index contributed by atoms with van der Waals surface area (Å²) in [4.78, 5) is 18.1. The minimum absolute atomic E-state index is 0.479. The molecule has 0 spiro atoms. The Morgan fingerprint density at radius 1 is 1.15 bits per heavy atom. The molecule has 1 aliphatic carbocycles. The first-order valence-electron chi connectivity index (χ1n) is 9.58. The van der Waals surface area contributed by atoms with Crippen molar-refractivity contribution in [3.63, 3.8) is 0 Å². The van der Waals surface area contributed by atoms with Crippen molar-refractivity contribution < 1.29 is 0 Å². The summed E-state index contributed by atoms with van der Waals surface area (Å²) in [6, 6.07) is 11.0. The predicted molar refractivity (Wildman–Crippen MR) is 112 cm³/mol.